The molecular formula is C19H15N3O3S3. The maximum atomic E-state index is 12.5. The molecule has 28 heavy (non-hydrogen) atoms. The summed E-state index contributed by atoms with van der Waals surface area (Å²) in [6.45, 7) is 0.396. The van der Waals surface area contributed by atoms with Gasteiger partial charge in [0.1, 0.15) is 10.1 Å². The highest BCUT2D eigenvalue weighted by atomic mass is 32.2. The van der Waals surface area contributed by atoms with Crippen molar-refractivity contribution in [2.45, 2.75) is 12.8 Å². The Morgan fingerprint density at radius 2 is 2.14 bits per heavy atom. The van der Waals surface area contributed by atoms with E-state index in [0.29, 0.717) is 33.1 Å². The summed E-state index contributed by atoms with van der Waals surface area (Å²) < 4.78 is 6.77. The van der Waals surface area contributed by atoms with Gasteiger partial charge >= 0.3 is 0 Å². The highest BCUT2D eigenvalue weighted by Gasteiger charge is 2.31. The van der Waals surface area contributed by atoms with Gasteiger partial charge in [-0.25, -0.2) is 4.98 Å². The first-order valence-electron chi connectivity index (χ1n) is 8.54. The molecule has 0 spiro atoms. The van der Waals surface area contributed by atoms with Crippen LogP contribution in [0.2, 0.25) is 0 Å². The van der Waals surface area contributed by atoms with E-state index in [-0.39, 0.29) is 18.2 Å². The normalized spacial score (nSPS) is 15.7. The smallest absolute Gasteiger partial charge is 0.266 e. The summed E-state index contributed by atoms with van der Waals surface area (Å²) in [7, 11) is 0. The van der Waals surface area contributed by atoms with E-state index in [2.05, 4.69) is 10.3 Å². The predicted molar refractivity (Wildman–Crippen MR) is 116 cm³/mol. The number of amides is 2. The van der Waals surface area contributed by atoms with Crippen molar-refractivity contribution in [3.63, 3.8) is 0 Å². The number of para-hydroxylation sites is 1. The number of furan rings is 1. The number of hydrogen-bond acceptors (Lipinski definition) is 7. The first-order chi connectivity index (χ1) is 13.6. The third-order valence-electron chi connectivity index (χ3n) is 4.02. The summed E-state index contributed by atoms with van der Waals surface area (Å²) in [6, 6.07) is 11.3. The molecule has 0 saturated carbocycles. The molecule has 1 aliphatic heterocycles. The zero-order chi connectivity index (χ0) is 19.5. The number of nitrogens with zero attached hydrogens (tertiary/aromatic N) is 2. The van der Waals surface area contributed by atoms with Crippen molar-refractivity contribution in [2.24, 2.45) is 0 Å². The molecule has 1 aliphatic rings. The zero-order valence-corrected chi connectivity index (χ0v) is 17.0. The van der Waals surface area contributed by atoms with Gasteiger partial charge in [0.05, 0.1) is 21.4 Å². The van der Waals surface area contributed by atoms with Gasteiger partial charge in [-0.2, -0.15) is 0 Å². The van der Waals surface area contributed by atoms with E-state index in [1.54, 1.807) is 24.5 Å². The van der Waals surface area contributed by atoms with Gasteiger partial charge in [0.15, 0.2) is 5.13 Å². The first-order valence-corrected chi connectivity index (χ1v) is 10.6. The Morgan fingerprint density at radius 3 is 2.93 bits per heavy atom. The number of aromatic nitrogens is 1. The van der Waals surface area contributed by atoms with Crippen LogP contribution in [0.4, 0.5) is 5.13 Å². The summed E-state index contributed by atoms with van der Waals surface area (Å²) in [5.74, 6) is 0.323. The maximum Gasteiger partial charge on any atom is 0.266 e. The maximum absolute atomic E-state index is 12.5. The van der Waals surface area contributed by atoms with Gasteiger partial charge in [0, 0.05) is 19.0 Å². The Kier molecular flexibility index (Phi) is 5.56. The van der Waals surface area contributed by atoms with Crippen molar-refractivity contribution in [3.8, 4) is 0 Å². The molecule has 1 N–H and O–H groups in total. The number of nitrogens with one attached hydrogen (secondary N) is 1. The molecule has 142 valence electrons. The van der Waals surface area contributed by atoms with Crippen molar-refractivity contribution < 1.29 is 14.0 Å². The molecule has 3 aromatic rings. The minimum Gasteiger partial charge on any atom is -0.465 e. The summed E-state index contributed by atoms with van der Waals surface area (Å²) >= 11 is 7.98. The third-order valence-corrected chi connectivity index (χ3v) is 6.35. The fourth-order valence-corrected chi connectivity index (χ4v) is 4.87. The quantitative estimate of drug-likeness (QED) is 0.459. The molecule has 2 aromatic heterocycles. The average Bonchev–Trinajstić information content (AvgIpc) is 3.37. The number of thiocarbonyl (C=S) groups is 1. The molecule has 1 saturated heterocycles. The van der Waals surface area contributed by atoms with Crippen molar-refractivity contribution >= 4 is 72.9 Å². The molecule has 1 aromatic carbocycles. The van der Waals surface area contributed by atoms with E-state index in [4.69, 9.17) is 16.6 Å². The van der Waals surface area contributed by atoms with Gasteiger partial charge in [0.25, 0.3) is 5.91 Å². The Bertz CT molecular complexity index is 1040. The number of anilines is 1. The lowest BCUT2D eigenvalue weighted by Gasteiger charge is -2.13. The molecule has 3 heterocycles. The van der Waals surface area contributed by atoms with Crippen molar-refractivity contribution in [3.05, 3.63) is 53.3 Å². The second-order valence-corrected chi connectivity index (χ2v) is 8.69. The number of fused-ring (bicyclic) bond motifs is 1. The van der Waals surface area contributed by atoms with Crippen LogP contribution >= 0.6 is 35.3 Å². The molecule has 0 radical (unpaired) electrons. The molecule has 2 amide bonds. The molecule has 0 bridgehead atoms. The summed E-state index contributed by atoms with van der Waals surface area (Å²) in [4.78, 5) is 31.1. The Labute approximate surface area is 174 Å². The van der Waals surface area contributed by atoms with Crippen LogP contribution in [-0.2, 0) is 9.59 Å². The van der Waals surface area contributed by atoms with Gasteiger partial charge < -0.3 is 9.73 Å². The van der Waals surface area contributed by atoms with Crippen LogP contribution in [0.3, 0.4) is 0 Å². The minimum atomic E-state index is -0.155. The van der Waals surface area contributed by atoms with Gasteiger partial charge in [-0.1, -0.05) is 47.4 Å². The van der Waals surface area contributed by atoms with Gasteiger partial charge in [-0.05, 0) is 30.7 Å². The van der Waals surface area contributed by atoms with E-state index >= 15 is 0 Å². The third kappa shape index (κ3) is 4.16. The van der Waals surface area contributed by atoms with Crippen LogP contribution in [0.5, 0.6) is 0 Å². The lowest BCUT2D eigenvalue weighted by atomic mass is 10.2. The van der Waals surface area contributed by atoms with Crippen molar-refractivity contribution in [1.29, 1.82) is 0 Å². The lowest BCUT2D eigenvalue weighted by Crippen LogP contribution is -2.29. The van der Waals surface area contributed by atoms with E-state index < -0.39 is 0 Å². The molecule has 0 aliphatic carbocycles. The lowest BCUT2D eigenvalue weighted by molar-refractivity contribution is -0.122. The standard InChI is InChI=1S/C19H15N3O3S3/c23-16(21-18-20-13-6-1-2-7-14(13)27-18)8-3-9-22-17(24)15(28-19(22)26)11-12-5-4-10-25-12/h1-2,4-7,10-11H,3,8-9H2,(H,20,21,23)/b15-11+. The second kappa shape index (κ2) is 8.26. The van der Waals surface area contributed by atoms with Crippen LogP contribution in [0, 0.1) is 0 Å². The van der Waals surface area contributed by atoms with Crippen LogP contribution in [-0.4, -0.2) is 32.6 Å². The van der Waals surface area contributed by atoms with Crippen LogP contribution < -0.4 is 5.32 Å². The molecule has 6 nitrogen and oxygen atoms in total. The number of rotatable bonds is 6. The van der Waals surface area contributed by atoms with Crippen LogP contribution in [0.1, 0.15) is 18.6 Å². The fourth-order valence-electron chi connectivity index (χ4n) is 2.70. The van der Waals surface area contributed by atoms with Gasteiger partial charge in [0.2, 0.25) is 5.91 Å². The summed E-state index contributed by atoms with van der Waals surface area (Å²) in [6.07, 6.45) is 4.02. The van der Waals surface area contributed by atoms with E-state index in [0.717, 1.165) is 10.2 Å². The van der Waals surface area contributed by atoms with Gasteiger partial charge in [-0.3, -0.25) is 14.5 Å². The number of benzene rings is 1. The van der Waals surface area contributed by atoms with E-state index in [9.17, 15) is 9.59 Å². The summed E-state index contributed by atoms with van der Waals surface area (Å²) in [5.41, 5.74) is 0.865. The number of thiazole rings is 1. The monoisotopic (exact) mass is 429 g/mol. The molecule has 0 atom stereocenters. The first kappa shape index (κ1) is 18.9. The topological polar surface area (TPSA) is 75.4 Å². The molecule has 1 fully saturated rings. The largest absolute Gasteiger partial charge is 0.465 e. The number of hydrogen-bond donors (Lipinski definition) is 1. The predicted octanol–water partition coefficient (Wildman–Crippen LogP) is 4.51. The number of thioether (sulfide) groups is 1. The zero-order valence-electron chi connectivity index (χ0n) is 14.6. The number of carbonyl (C=O) groups excluding carboxylic acids is 2. The highest BCUT2D eigenvalue weighted by molar-refractivity contribution is 8.26. The molecule has 9 heteroatoms. The van der Waals surface area contributed by atoms with Crippen molar-refractivity contribution in [1.82, 2.24) is 9.88 Å². The van der Waals surface area contributed by atoms with Crippen LogP contribution in [0.25, 0.3) is 16.3 Å². The Hall–Kier alpha value is -2.49. The average molecular weight is 430 g/mol. The number of carbonyl (C=O) groups is 2. The Balaban J connectivity index is 1.30. The minimum absolute atomic E-state index is 0.129. The van der Waals surface area contributed by atoms with Gasteiger partial charge in [-0.15, -0.1) is 0 Å². The van der Waals surface area contributed by atoms with E-state index in [1.165, 1.54) is 28.0 Å². The summed E-state index contributed by atoms with van der Waals surface area (Å²) in [5, 5.41) is 3.40. The fraction of sp³-hybridized carbons (Fsp3) is 0.158. The van der Waals surface area contributed by atoms with Crippen LogP contribution in [0.15, 0.2) is 52.0 Å². The molecular weight excluding hydrogens is 414 g/mol. The highest BCUT2D eigenvalue weighted by Crippen LogP contribution is 2.32. The van der Waals surface area contributed by atoms with E-state index in [1.807, 2.05) is 24.3 Å². The van der Waals surface area contributed by atoms with Crippen molar-refractivity contribution in [2.75, 3.05) is 11.9 Å². The Morgan fingerprint density at radius 1 is 1.29 bits per heavy atom. The second-order valence-electron chi connectivity index (χ2n) is 5.99. The molecule has 4 rings (SSSR count). The molecule has 0 unspecified atom stereocenters. The SMILES string of the molecule is O=C(CCCN1C(=O)/C(=C\c2ccco2)SC1=S)Nc1nc2ccccc2s1.